The Morgan fingerprint density at radius 2 is 1.58 bits per heavy atom. The number of ether oxygens (including phenoxy) is 1. The highest BCUT2D eigenvalue weighted by Crippen LogP contribution is 2.32. The summed E-state index contributed by atoms with van der Waals surface area (Å²) in [7, 11) is 0. The van der Waals surface area contributed by atoms with Crippen molar-refractivity contribution < 1.29 is 14.3 Å². The van der Waals surface area contributed by atoms with E-state index in [9.17, 15) is 9.59 Å². The van der Waals surface area contributed by atoms with E-state index in [4.69, 9.17) is 4.74 Å². The second-order valence-electron chi connectivity index (χ2n) is 8.48. The molecule has 3 aromatic carbocycles. The van der Waals surface area contributed by atoms with Gasteiger partial charge in [-0.2, -0.15) is 0 Å². The third-order valence-electron chi connectivity index (χ3n) is 6.30. The third-order valence-corrected chi connectivity index (χ3v) is 6.30. The molecule has 33 heavy (non-hydrogen) atoms. The summed E-state index contributed by atoms with van der Waals surface area (Å²) in [5.74, 6) is -0.531. The number of hydrogen-bond acceptors (Lipinski definition) is 5. The Morgan fingerprint density at radius 3 is 2.36 bits per heavy atom. The monoisotopic (exact) mass is 441 g/mol. The van der Waals surface area contributed by atoms with Crippen molar-refractivity contribution in [2.75, 3.05) is 44.7 Å². The fourth-order valence-corrected chi connectivity index (χ4v) is 4.42. The van der Waals surface area contributed by atoms with Gasteiger partial charge in [0.1, 0.15) is 5.70 Å². The van der Waals surface area contributed by atoms with Crippen molar-refractivity contribution >= 4 is 33.8 Å². The van der Waals surface area contributed by atoms with Gasteiger partial charge in [-0.3, -0.25) is 19.4 Å². The first-order valence-electron chi connectivity index (χ1n) is 11.3. The van der Waals surface area contributed by atoms with Crippen LogP contribution in [0.2, 0.25) is 0 Å². The molecule has 5 rings (SSSR count). The van der Waals surface area contributed by atoms with Gasteiger partial charge in [0.05, 0.1) is 18.8 Å². The van der Waals surface area contributed by atoms with E-state index in [1.807, 2.05) is 73.7 Å². The van der Waals surface area contributed by atoms with Gasteiger partial charge in [-0.25, -0.2) is 0 Å². The number of rotatable bonds is 6. The summed E-state index contributed by atoms with van der Waals surface area (Å²) in [6, 6.07) is 21.7. The lowest BCUT2D eigenvalue weighted by Gasteiger charge is -2.28. The largest absolute Gasteiger partial charge is 0.379 e. The molecule has 6 nitrogen and oxygen atoms in total. The third kappa shape index (κ3) is 4.27. The molecule has 168 valence electrons. The van der Waals surface area contributed by atoms with Crippen LogP contribution in [0.4, 0.5) is 5.69 Å². The molecular weight excluding hydrogens is 414 g/mol. The van der Waals surface area contributed by atoms with Crippen molar-refractivity contribution in [2.45, 2.75) is 6.92 Å². The van der Waals surface area contributed by atoms with E-state index in [2.05, 4.69) is 10.2 Å². The van der Waals surface area contributed by atoms with Crippen LogP contribution >= 0.6 is 0 Å². The van der Waals surface area contributed by atoms with Gasteiger partial charge >= 0.3 is 0 Å². The van der Waals surface area contributed by atoms with Crippen LogP contribution in [0.25, 0.3) is 16.3 Å². The molecule has 3 aromatic rings. The van der Waals surface area contributed by atoms with Crippen molar-refractivity contribution in [3.05, 3.63) is 83.6 Å². The fraction of sp³-hybridized carbons (Fsp3) is 0.259. The van der Waals surface area contributed by atoms with Crippen LogP contribution in [0.5, 0.6) is 0 Å². The van der Waals surface area contributed by atoms with Gasteiger partial charge in [-0.1, -0.05) is 66.2 Å². The first kappa shape index (κ1) is 21.4. The molecule has 2 heterocycles. The summed E-state index contributed by atoms with van der Waals surface area (Å²) in [6.07, 6.45) is 0. The number of anilines is 1. The maximum Gasteiger partial charge on any atom is 0.278 e. The van der Waals surface area contributed by atoms with Crippen molar-refractivity contribution in [3.8, 4) is 0 Å². The lowest BCUT2D eigenvalue weighted by Crippen LogP contribution is -2.43. The standard InChI is InChI=1S/C27H27N3O3/c1-19-9-11-21(12-10-19)24-25(28-23-8-4-6-20-5-2-3-7-22(20)23)27(32)30(26(24)31)14-13-29-15-17-33-18-16-29/h2-12,28H,13-18H2,1H3. The molecule has 0 spiro atoms. The molecule has 6 heteroatoms. The Kier molecular flexibility index (Phi) is 5.94. The Bertz CT molecular complexity index is 1220. The molecule has 0 saturated carbocycles. The molecule has 2 aliphatic heterocycles. The first-order valence-corrected chi connectivity index (χ1v) is 11.3. The molecule has 0 aromatic heterocycles. The first-order chi connectivity index (χ1) is 16.1. The lowest BCUT2D eigenvalue weighted by atomic mass is 10.0. The van der Waals surface area contributed by atoms with E-state index in [0.29, 0.717) is 37.6 Å². The van der Waals surface area contributed by atoms with E-state index in [-0.39, 0.29) is 11.8 Å². The Balaban J connectivity index is 1.49. The molecule has 0 aliphatic carbocycles. The van der Waals surface area contributed by atoms with Crippen LogP contribution in [0.15, 0.2) is 72.4 Å². The number of carbonyl (C=O) groups is 2. The number of amides is 2. The van der Waals surface area contributed by atoms with Gasteiger partial charge in [-0.05, 0) is 23.9 Å². The van der Waals surface area contributed by atoms with E-state index >= 15 is 0 Å². The van der Waals surface area contributed by atoms with Gasteiger partial charge in [0.25, 0.3) is 11.8 Å². The van der Waals surface area contributed by atoms with Gasteiger partial charge in [0, 0.05) is 37.3 Å². The van der Waals surface area contributed by atoms with Crippen LogP contribution in [-0.4, -0.2) is 61.0 Å². The van der Waals surface area contributed by atoms with Crippen molar-refractivity contribution in [1.29, 1.82) is 0 Å². The minimum atomic E-state index is -0.281. The van der Waals surface area contributed by atoms with E-state index in [0.717, 1.165) is 40.7 Å². The number of hydrogen-bond donors (Lipinski definition) is 1. The Morgan fingerprint density at radius 1 is 0.848 bits per heavy atom. The fourth-order valence-electron chi connectivity index (χ4n) is 4.42. The summed E-state index contributed by atoms with van der Waals surface area (Å²) >= 11 is 0. The molecule has 0 bridgehead atoms. The molecule has 1 N–H and O–H groups in total. The molecule has 1 saturated heterocycles. The van der Waals surface area contributed by atoms with Crippen LogP contribution in [0, 0.1) is 6.92 Å². The highest BCUT2D eigenvalue weighted by molar-refractivity contribution is 6.36. The summed E-state index contributed by atoms with van der Waals surface area (Å²) in [5, 5.41) is 5.40. The molecule has 2 amide bonds. The number of imide groups is 1. The normalized spacial score (nSPS) is 17.3. The zero-order chi connectivity index (χ0) is 22.8. The minimum Gasteiger partial charge on any atom is -0.379 e. The second kappa shape index (κ2) is 9.17. The maximum atomic E-state index is 13.5. The highest BCUT2D eigenvalue weighted by atomic mass is 16.5. The minimum absolute atomic E-state index is 0.250. The summed E-state index contributed by atoms with van der Waals surface area (Å²) in [6.45, 7) is 6.00. The molecule has 1 fully saturated rings. The van der Waals surface area contributed by atoms with Crippen molar-refractivity contribution in [3.63, 3.8) is 0 Å². The average molecular weight is 442 g/mol. The van der Waals surface area contributed by atoms with Gasteiger partial charge in [-0.15, -0.1) is 0 Å². The van der Waals surface area contributed by atoms with Crippen molar-refractivity contribution in [1.82, 2.24) is 9.80 Å². The predicted octanol–water partition coefficient (Wildman–Crippen LogP) is 3.67. The molecule has 2 aliphatic rings. The van der Waals surface area contributed by atoms with Crippen LogP contribution < -0.4 is 5.32 Å². The Labute approximate surface area is 193 Å². The maximum absolute atomic E-state index is 13.5. The smallest absolute Gasteiger partial charge is 0.278 e. The van der Waals surface area contributed by atoms with Gasteiger partial charge < -0.3 is 10.1 Å². The highest BCUT2D eigenvalue weighted by Gasteiger charge is 2.39. The summed E-state index contributed by atoms with van der Waals surface area (Å²) in [5.41, 5.74) is 3.42. The van der Waals surface area contributed by atoms with Crippen LogP contribution in [0.1, 0.15) is 11.1 Å². The van der Waals surface area contributed by atoms with Crippen molar-refractivity contribution in [2.24, 2.45) is 0 Å². The Hall–Kier alpha value is -3.48. The number of nitrogens with zero attached hydrogens (tertiary/aromatic N) is 2. The van der Waals surface area contributed by atoms with Gasteiger partial charge in [0.15, 0.2) is 0 Å². The number of carbonyl (C=O) groups excluding carboxylic acids is 2. The number of fused-ring (bicyclic) bond motifs is 1. The summed E-state index contributed by atoms with van der Waals surface area (Å²) < 4.78 is 5.41. The number of nitrogens with one attached hydrogen (secondary N) is 1. The zero-order valence-corrected chi connectivity index (χ0v) is 18.7. The quantitative estimate of drug-likeness (QED) is 0.592. The summed E-state index contributed by atoms with van der Waals surface area (Å²) in [4.78, 5) is 30.6. The molecular formula is C27H27N3O3. The second-order valence-corrected chi connectivity index (χ2v) is 8.48. The molecule has 0 unspecified atom stereocenters. The van der Waals surface area contributed by atoms with E-state index < -0.39 is 0 Å². The van der Waals surface area contributed by atoms with Crippen LogP contribution in [0.3, 0.4) is 0 Å². The number of aryl methyl sites for hydroxylation is 1. The molecule has 0 atom stereocenters. The molecule has 0 radical (unpaired) electrons. The topological polar surface area (TPSA) is 61.9 Å². The SMILES string of the molecule is Cc1ccc(C2=C(Nc3cccc4ccccc34)C(=O)N(CCN3CCOCC3)C2=O)cc1. The predicted molar refractivity (Wildman–Crippen MR) is 130 cm³/mol. The lowest BCUT2D eigenvalue weighted by molar-refractivity contribution is -0.137. The van der Waals surface area contributed by atoms with E-state index in [1.54, 1.807) is 0 Å². The van der Waals surface area contributed by atoms with Gasteiger partial charge in [0.2, 0.25) is 0 Å². The van der Waals surface area contributed by atoms with E-state index in [1.165, 1.54) is 4.90 Å². The average Bonchev–Trinajstić information content (AvgIpc) is 3.08. The zero-order valence-electron chi connectivity index (χ0n) is 18.7. The number of benzene rings is 3. The van der Waals surface area contributed by atoms with Crippen LogP contribution in [-0.2, 0) is 14.3 Å². The number of morpholine rings is 1.